The summed E-state index contributed by atoms with van der Waals surface area (Å²) >= 11 is 0. The molecule has 0 saturated heterocycles. The molecule has 0 atom stereocenters. The van der Waals surface area contributed by atoms with Crippen molar-refractivity contribution in [1.29, 1.82) is 0 Å². The van der Waals surface area contributed by atoms with Gasteiger partial charge in [-0.05, 0) is 12.1 Å². The fourth-order valence-electron chi connectivity index (χ4n) is 1.35. The van der Waals surface area contributed by atoms with Crippen LogP contribution in [-0.4, -0.2) is 18.4 Å². The van der Waals surface area contributed by atoms with Crippen LogP contribution in [-0.2, 0) is 10.0 Å². The highest BCUT2D eigenvalue weighted by Gasteiger charge is 2.15. The van der Waals surface area contributed by atoms with E-state index in [1.807, 2.05) is 0 Å². The molecule has 0 spiro atoms. The van der Waals surface area contributed by atoms with Crippen LogP contribution in [0.3, 0.4) is 0 Å². The second kappa shape index (κ2) is 4.19. The van der Waals surface area contributed by atoms with Gasteiger partial charge in [0.25, 0.3) is 0 Å². The first-order chi connectivity index (χ1) is 7.98. The first-order valence-electron chi connectivity index (χ1n) is 4.58. The van der Waals surface area contributed by atoms with Crippen LogP contribution in [0.15, 0.2) is 41.6 Å². The van der Waals surface area contributed by atoms with Crippen LogP contribution in [0.1, 0.15) is 0 Å². The quantitative estimate of drug-likeness (QED) is 0.862. The third-order valence-electron chi connectivity index (χ3n) is 2.05. The van der Waals surface area contributed by atoms with Gasteiger partial charge in [-0.15, -0.1) is 0 Å². The van der Waals surface area contributed by atoms with E-state index in [0.29, 0.717) is 0 Å². The molecule has 0 aliphatic rings. The van der Waals surface area contributed by atoms with Gasteiger partial charge in [0, 0.05) is 5.56 Å². The molecule has 0 amide bonds. The predicted molar refractivity (Wildman–Crippen MR) is 58.8 cm³/mol. The fraction of sp³-hybridized carbons (Fsp3) is 0. The van der Waals surface area contributed by atoms with Crippen LogP contribution in [0, 0.1) is 5.82 Å². The van der Waals surface area contributed by atoms with Gasteiger partial charge < -0.3 is 0 Å². The van der Waals surface area contributed by atoms with Crippen molar-refractivity contribution in [2.24, 2.45) is 5.14 Å². The monoisotopic (exact) mass is 253 g/mol. The highest BCUT2D eigenvalue weighted by molar-refractivity contribution is 7.89. The van der Waals surface area contributed by atoms with Crippen molar-refractivity contribution in [2.75, 3.05) is 0 Å². The molecule has 17 heavy (non-hydrogen) atoms. The molecule has 0 bridgehead atoms. The van der Waals surface area contributed by atoms with Crippen molar-refractivity contribution in [3.8, 4) is 11.4 Å². The number of primary sulfonamides is 1. The molecule has 88 valence electrons. The summed E-state index contributed by atoms with van der Waals surface area (Å²) in [5.74, 6) is -0.488. The van der Waals surface area contributed by atoms with Crippen molar-refractivity contribution < 1.29 is 12.8 Å². The molecule has 1 aromatic carbocycles. The molecule has 0 unspecified atom stereocenters. The second-order valence-electron chi connectivity index (χ2n) is 3.27. The van der Waals surface area contributed by atoms with E-state index in [9.17, 15) is 12.8 Å². The molecule has 2 N–H and O–H groups in total. The third kappa shape index (κ3) is 2.45. The van der Waals surface area contributed by atoms with Crippen LogP contribution in [0.4, 0.5) is 4.39 Å². The number of rotatable bonds is 2. The van der Waals surface area contributed by atoms with Gasteiger partial charge in [0.1, 0.15) is 0 Å². The lowest BCUT2D eigenvalue weighted by Crippen LogP contribution is -2.13. The Morgan fingerprint density at radius 2 is 1.71 bits per heavy atom. The van der Waals surface area contributed by atoms with Crippen molar-refractivity contribution >= 4 is 10.0 Å². The molecule has 7 heteroatoms. The normalized spacial score (nSPS) is 11.4. The molecular weight excluding hydrogens is 245 g/mol. The third-order valence-corrected chi connectivity index (χ3v) is 3.02. The van der Waals surface area contributed by atoms with Gasteiger partial charge >= 0.3 is 0 Å². The Kier molecular flexibility index (Phi) is 2.86. The summed E-state index contributed by atoms with van der Waals surface area (Å²) in [6.45, 7) is 0. The van der Waals surface area contributed by atoms with E-state index in [1.54, 1.807) is 6.07 Å². The van der Waals surface area contributed by atoms with Gasteiger partial charge in [-0.1, -0.05) is 12.1 Å². The summed E-state index contributed by atoms with van der Waals surface area (Å²) in [6, 6.07) is 6.01. The highest BCUT2D eigenvalue weighted by atomic mass is 32.2. The maximum Gasteiger partial charge on any atom is 0.238 e. The predicted octanol–water partition coefficient (Wildman–Crippen LogP) is 0.930. The largest absolute Gasteiger partial charge is 0.238 e. The first-order valence-corrected chi connectivity index (χ1v) is 6.13. The zero-order valence-corrected chi connectivity index (χ0v) is 9.36. The van der Waals surface area contributed by atoms with Crippen molar-refractivity contribution in [1.82, 2.24) is 9.97 Å². The Morgan fingerprint density at radius 1 is 1.12 bits per heavy atom. The van der Waals surface area contributed by atoms with Crippen LogP contribution < -0.4 is 5.14 Å². The standard InChI is InChI=1S/C10H8FN3O2S/c11-7-5-13-10(14-6-7)8-3-1-2-4-9(8)17(12,15)16/h1-6H,(H2,12,15,16). The summed E-state index contributed by atoms with van der Waals surface area (Å²) in [5.41, 5.74) is 0.245. The molecule has 0 fully saturated rings. The molecule has 5 nitrogen and oxygen atoms in total. The van der Waals surface area contributed by atoms with Crippen LogP contribution >= 0.6 is 0 Å². The molecule has 2 rings (SSSR count). The molecule has 1 aromatic heterocycles. The first kappa shape index (κ1) is 11.6. The van der Waals surface area contributed by atoms with Gasteiger partial charge in [-0.3, -0.25) is 0 Å². The maximum absolute atomic E-state index is 12.7. The zero-order valence-electron chi connectivity index (χ0n) is 8.54. The van der Waals surface area contributed by atoms with E-state index >= 15 is 0 Å². The number of sulfonamides is 1. The minimum absolute atomic E-state index is 0.0911. The summed E-state index contributed by atoms with van der Waals surface area (Å²) in [5, 5.41) is 5.07. The average molecular weight is 253 g/mol. The Balaban J connectivity index is 2.64. The van der Waals surface area contributed by atoms with Crippen LogP contribution in [0.2, 0.25) is 0 Å². The number of halogens is 1. The van der Waals surface area contributed by atoms with E-state index in [-0.39, 0.29) is 16.3 Å². The van der Waals surface area contributed by atoms with Gasteiger partial charge in [-0.2, -0.15) is 0 Å². The average Bonchev–Trinajstić information content (AvgIpc) is 2.29. The van der Waals surface area contributed by atoms with E-state index in [2.05, 4.69) is 9.97 Å². The number of benzene rings is 1. The summed E-state index contributed by atoms with van der Waals surface area (Å²) in [4.78, 5) is 7.34. The molecule has 0 aliphatic heterocycles. The minimum atomic E-state index is -3.87. The number of aromatic nitrogens is 2. The van der Waals surface area contributed by atoms with Crippen molar-refractivity contribution in [3.63, 3.8) is 0 Å². The lowest BCUT2D eigenvalue weighted by Gasteiger charge is -2.05. The summed E-state index contributed by atoms with van der Waals surface area (Å²) in [7, 11) is -3.87. The van der Waals surface area contributed by atoms with E-state index in [1.165, 1.54) is 18.2 Å². The van der Waals surface area contributed by atoms with Gasteiger partial charge in [-0.25, -0.2) is 27.9 Å². The molecule has 0 saturated carbocycles. The number of nitrogens with two attached hydrogens (primary N) is 1. The molecular formula is C10H8FN3O2S. The Morgan fingerprint density at radius 3 is 2.29 bits per heavy atom. The maximum atomic E-state index is 12.7. The molecule has 0 aliphatic carbocycles. The minimum Gasteiger partial charge on any atom is -0.233 e. The number of hydrogen-bond acceptors (Lipinski definition) is 4. The lowest BCUT2D eigenvalue weighted by molar-refractivity contribution is 0.598. The molecule has 0 radical (unpaired) electrons. The second-order valence-corrected chi connectivity index (χ2v) is 4.80. The summed E-state index contributed by atoms with van der Waals surface area (Å²) < 4.78 is 35.4. The number of nitrogens with zero attached hydrogens (tertiary/aromatic N) is 2. The Labute approximate surface area is 97.2 Å². The lowest BCUT2D eigenvalue weighted by atomic mass is 10.2. The fourth-order valence-corrected chi connectivity index (χ4v) is 2.08. The van der Waals surface area contributed by atoms with Gasteiger partial charge in [0.15, 0.2) is 11.6 Å². The van der Waals surface area contributed by atoms with E-state index in [0.717, 1.165) is 12.4 Å². The zero-order chi connectivity index (χ0) is 12.5. The van der Waals surface area contributed by atoms with Crippen molar-refractivity contribution in [2.45, 2.75) is 4.90 Å². The molecule has 2 aromatic rings. The molecule has 1 heterocycles. The van der Waals surface area contributed by atoms with Crippen molar-refractivity contribution in [3.05, 3.63) is 42.5 Å². The smallest absolute Gasteiger partial charge is 0.233 e. The Hall–Kier alpha value is -1.86. The van der Waals surface area contributed by atoms with Gasteiger partial charge in [0.2, 0.25) is 10.0 Å². The van der Waals surface area contributed by atoms with Crippen LogP contribution in [0.5, 0.6) is 0 Å². The highest BCUT2D eigenvalue weighted by Crippen LogP contribution is 2.22. The van der Waals surface area contributed by atoms with Crippen LogP contribution in [0.25, 0.3) is 11.4 Å². The van der Waals surface area contributed by atoms with E-state index in [4.69, 9.17) is 5.14 Å². The topological polar surface area (TPSA) is 85.9 Å². The van der Waals surface area contributed by atoms with E-state index < -0.39 is 15.8 Å². The number of hydrogen-bond donors (Lipinski definition) is 1. The summed E-state index contributed by atoms with van der Waals surface area (Å²) in [6.07, 6.45) is 1.92. The Bertz CT molecular complexity index is 641. The van der Waals surface area contributed by atoms with Gasteiger partial charge in [0.05, 0.1) is 17.3 Å². The SMILES string of the molecule is NS(=O)(=O)c1ccccc1-c1ncc(F)cn1.